The van der Waals surface area contributed by atoms with E-state index >= 15 is 0 Å². The maximum atomic E-state index is 5.91. The first-order valence-electron chi connectivity index (χ1n) is 6.86. The van der Waals surface area contributed by atoms with Crippen molar-refractivity contribution in [3.05, 3.63) is 58.1 Å². The summed E-state index contributed by atoms with van der Waals surface area (Å²) >= 11 is 3.60. The number of hydrogen-bond donors (Lipinski definition) is 1. The van der Waals surface area contributed by atoms with Crippen LogP contribution in [0.1, 0.15) is 24.1 Å². The molecule has 0 saturated carbocycles. The van der Waals surface area contributed by atoms with Crippen LogP contribution in [0.3, 0.4) is 0 Å². The largest absolute Gasteiger partial charge is 0.457 e. The van der Waals surface area contributed by atoms with E-state index in [1.54, 1.807) is 7.11 Å². The molecule has 21 heavy (non-hydrogen) atoms. The van der Waals surface area contributed by atoms with Gasteiger partial charge in [-0.25, -0.2) is 0 Å². The zero-order valence-corrected chi connectivity index (χ0v) is 14.1. The predicted molar refractivity (Wildman–Crippen MR) is 88.8 cm³/mol. The second-order valence-electron chi connectivity index (χ2n) is 4.88. The fourth-order valence-corrected chi connectivity index (χ4v) is 2.78. The first kappa shape index (κ1) is 16.0. The van der Waals surface area contributed by atoms with E-state index in [0.29, 0.717) is 12.6 Å². The average molecular weight is 350 g/mol. The van der Waals surface area contributed by atoms with Crippen molar-refractivity contribution in [2.75, 3.05) is 14.2 Å². The first-order valence-corrected chi connectivity index (χ1v) is 7.65. The Morgan fingerprint density at radius 3 is 2.57 bits per heavy atom. The van der Waals surface area contributed by atoms with Gasteiger partial charge in [0.15, 0.2) is 0 Å². The highest BCUT2D eigenvalue weighted by molar-refractivity contribution is 9.10. The summed E-state index contributed by atoms with van der Waals surface area (Å²) in [5.74, 6) is 1.62. The monoisotopic (exact) mass is 349 g/mol. The number of halogens is 1. The van der Waals surface area contributed by atoms with E-state index in [1.807, 2.05) is 43.4 Å². The average Bonchev–Trinajstić information content (AvgIpc) is 2.47. The van der Waals surface area contributed by atoms with Gasteiger partial charge in [-0.15, -0.1) is 0 Å². The van der Waals surface area contributed by atoms with Crippen molar-refractivity contribution in [3.63, 3.8) is 0 Å². The predicted octanol–water partition coefficient (Wildman–Crippen LogP) is 4.67. The molecule has 0 aliphatic carbocycles. The summed E-state index contributed by atoms with van der Waals surface area (Å²) in [4.78, 5) is 0. The maximum absolute atomic E-state index is 5.91. The molecule has 0 aromatic heterocycles. The van der Waals surface area contributed by atoms with Gasteiger partial charge in [0.2, 0.25) is 0 Å². The Morgan fingerprint density at radius 2 is 1.90 bits per heavy atom. The Balaban J connectivity index is 2.16. The second-order valence-corrected chi connectivity index (χ2v) is 5.73. The Hall–Kier alpha value is -1.36. The Labute approximate surface area is 134 Å². The lowest BCUT2D eigenvalue weighted by Gasteiger charge is -2.14. The van der Waals surface area contributed by atoms with E-state index < -0.39 is 0 Å². The van der Waals surface area contributed by atoms with Gasteiger partial charge in [-0.3, -0.25) is 0 Å². The molecule has 0 radical (unpaired) electrons. The van der Waals surface area contributed by atoms with Crippen LogP contribution in [-0.2, 0) is 11.3 Å². The summed E-state index contributed by atoms with van der Waals surface area (Å²) in [6.45, 7) is 2.70. The van der Waals surface area contributed by atoms with Crippen molar-refractivity contribution in [2.45, 2.75) is 19.6 Å². The minimum absolute atomic E-state index is 0.290. The fourth-order valence-electron chi connectivity index (χ4n) is 2.08. The molecule has 0 fully saturated rings. The van der Waals surface area contributed by atoms with E-state index in [9.17, 15) is 0 Å². The molecule has 0 aliphatic heterocycles. The maximum Gasteiger partial charge on any atom is 0.128 e. The van der Waals surface area contributed by atoms with Gasteiger partial charge >= 0.3 is 0 Å². The summed E-state index contributed by atoms with van der Waals surface area (Å²) in [7, 11) is 3.63. The van der Waals surface area contributed by atoms with Crippen LogP contribution >= 0.6 is 15.9 Å². The van der Waals surface area contributed by atoms with Gasteiger partial charge in [0.1, 0.15) is 11.5 Å². The van der Waals surface area contributed by atoms with Crippen molar-refractivity contribution in [3.8, 4) is 11.5 Å². The molecule has 2 aromatic rings. The van der Waals surface area contributed by atoms with Crippen molar-refractivity contribution < 1.29 is 9.47 Å². The summed E-state index contributed by atoms with van der Waals surface area (Å²) < 4.78 is 12.1. The van der Waals surface area contributed by atoms with Gasteiger partial charge in [0, 0.05) is 17.6 Å². The van der Waals surface area contributed by atoms with E-state index in [1.165, 1.54) is 5.56 Å². The third-order valence-corrected chi connectivity index (χ3v) is 4.00. The highest BCUT2D eigenvalue weighted by Crippen LogP contribution is 2.30. The second kappa shape index (κ2) is 7.59. The van der Waals surface area contributed by atoms with Gasteiger partial charge in [0.25, 0.3) is 0 Å². The van der Waals surface area contributed by atoms with Crippen LogP contribution in [0.25, 0.3) is 0 Å². The van der Waals surface area contributed by atoms with E-state index in [0.717, 1.165) is 21.5 Å². The van der Waals surface area contributed by atoms with Crippen LogP contribution in [-0.4, -0.2) is 14.2 Å². The molecule has 0 bridgehead atoms. The zero-order chi connectivity index (χ0) is 15.2. The number of ether oxygens (including phenoxy) is 2. The number of benzene rings is 2. The van der Waals surface area contributed by atoms with Crippen LogP contribution in [0.2, 0.25) is 0 Å². The molecule has 3 nitrogen and oxygen atoms in total. The quantitative estimate of drug-likeness (QED) is 0.821. The van der Waals surface area contributed by atoms with Gasteiger partial charge in [0.05, 0.1) is 6.61 Å². The van der Waals surface area contributed by atoms with Crippen LogP contribution < -0.4 is 10.1 Å². The minimum atomic E-state index is 0.290. The van der Waals surface area contributed by atoms with E-state index in [-0.39, 0.29) is 0 Å². The molecule has 0 saturated heterocycles. The SMILES string of the molecule is CNC(C)c1ccc(Oc2cccc(COC)c2)cc1Br. The lowest BCUT2D eigenvalue weighted by molar-refractivity contribution is 0.184. The third-order valence-electron chi connectivity index (χ3n) is 3.32. The molecule has 0 amide bonds. The smallest absolute Gasteiger partial charge is 0.128 e. The summed E-state index contributed by atoms with van der Waals surface area (Å²) in [6, 6.07) is 14.3. The van der Waals surface area contributed by atoms with Crippen LogP contribution in [0.5, 0.6) is 11.5 Å². The van der Waals surface area contributed by atoms with Gasteiger partial charge < -0.3 is 14.8 Å². The number of methoxy groups -OCH3 is 1. The van der Waals surface area contributed by atoms with Gasteiger partial charge in [-0.05, 0) is 49.4 Å². The highest BCUT2D eigenvalue weighted by atomic mass is 79.9. The molecule has 0 aliphatic rings. The molecule has 4 heteroatoms. The first-order chi connectivity index (χ1) is 10.1. The minimum Gasteiger partial charge on any atom is -0.457 e. The van der Waals surface area contributed by atoms with Crippen molar-refractivity contribution in [1.29, 1.82) is 0 Å². The molecular weight excluding hydrogens is 330 g/mol. The molecule has 1 N–H and O–H groups in total. The fraction of sp³-hybridized carbons (Fsp3) is 0.294. The molecule has 1 atom stereocenters. The van der Waals surface area contributed by atoms with Gasteiger partial charge in [-0.2, -0.15) is 0 Å². The lowest BCUT2D eigenvalue weighted by atomic mass is 10.1. The summed E-state index contributed by atoms with van der Waals surface area (Å²) in [5.41, 5.74) is 2.30. The highest BCUT2D eigenvalue weighted by Gasteiger charge is 2.09. The van der Waals surface area contributed by atoms with Crippen LogP contribution in [0.4, 0.5) is 0 Å². The number of rotatable bonds is 6. The van der Waals surface area contributed by atoms with Gasteiger partial charge in [-0.1, -0.05) is 34.1 Å². The molecule has 0 spiro atoms. The Kier molecular flexibility index (Phi) is 5.79. The van der Waals surface area contributed by atoms with Crippen molar-refractivity contribution in [1.82, 2.24) is 5.32 Å². The van der Waals surface area contributed by atoms with Crippen LogP contribution in [0.15, 0.2) is 46.9 Å². The topological polar surface area (TPSA) is 30.5 Å². The number of nitrogens with one attached hydrogen (secondary N) is 1. The zero-order valence-electron chi connectivity index (χ0n) is 12.5. The Morgan fingerprint density at radius 1 is 1.14 bits per heavy atom. The molecule has 112 valence electrons. The molecule has 1 unspecified atom stereocenters. The van der Waals surface area contributed by atoms with Crippen molar-refractivity contribution in [2.24, 2.45) is 0 Å². The summed E-state index contributed by atoms with van der Waals surface area (Å²) in [6.07, 6.45) is 0. The Bertz CT molecular complexity index is 601. The molecule has 2 rings (SSSR count). The van der Waals surface area contributed by atoms with Crippen molar-refractivity contribution >= 4 is 15.9 Å². The van der Waals surface area contributed by atoms with E-state index in [2.05, 4.69) is 34.2 Å². The number of hydrogen-bond acceptors (Lipinski definition) is 3. The van der Waals surface area contributed by atoms with Crippen LogP contribution in [0, 0.1) is 0 Å². The molecule has 0 heterocycles. The molecule has 2 aromatic carbocycles. The summed E-state index contributed by atoms with van der Waals surface area (Å²) in [5, 5.41) is 3.23. The van der Waals surface area contributed by atoms with E-state index in [4.69, 9.17) is 9.47 Å². The standard InChI is InChI=1S/C17H20BrNO2/c1-12(19-2)16-8-7-15(10-17(16)18)21-14-6-4-5-13(9-14)11-20-3/h4-10,12,19H,11H2,1-3H3. The lowest BCUT2D eigenvalue weighted by Crippen LogP contribution is -2.12. The third kappa shape index (κ3) is 4.30. The normalized spacial score (nSPS) is 12.2. The molecular formula is C17H20BrNO2.